The van der Waals surface area contributed by atoms with Crippen LogP contribution in [-0.4, -0.2) is 46.3 Å². The molecule has 1 saturated heterocycles. The van der Waals surface area contributed by atoms with E-state index in [0.29, 0.717) is 23.3 Å². The van der Waals surface area contributed by atoms with Gasteiger partial charge in [0.2, 0.25) is 11.8 Å². The molecule has 1 aromatic carbocycles. The van der Waals surface area contributed by atoms with Gasteiger partial charge in [-0.3, -0.25) is 19.7 Å². The molecule has 1 atom stereocenters. The maximum absolute atomic E-state index is 12.4. The van der Waals surface area contributed by atoms with Gasteiger partial charge in [0.05, 0.1) is 0 Å². The van der Waals surface area contributed by atoms with Gasteiger partial charge in [0.15, 0.2) is 6.61 Å². The Bertz CT molecular complexity index is 714. The van der Waals surface area contributed by atoms with Gasteiger partial charge in [-0.2, -0.15) is 0 Å². The number of aliphatic carboxylic acids is 1. The number of imide groups is 1. The largest absolute Gasteiger partial charge is 0.482 e. The summed E-state index contributed by atoms with van der Waals surface area (Å²) in [5.41, 5.74) is 1.12. The van der Waals surface area contributed by atoms with Crippen LogP contribution in [0, 0.1) is 0 Å². The third kappa shape index (κ3) is 2.87. The van der Waals surface area contributed by atoms with Gasteiger partial charge in [-0.15, -0.1) is 0 Å². The second-order valence-electron chi connectivity index (χ2n) is 5.40. The smallest absolute Gasteiger partial charge is 0.341 e. The molecule has 0 saturated carbocycles. The van der Waals surface area contributed by atoms with Crippen molar-refractivity contribution in [1.29, 1.82) is 0 Å². The zero-order chi connectivity index (χ0) is 16.6. The molecular formula is C15H14N2O6. The van der Waals surface area contributed by atoms with Gasteiger partial charge in [0, 0.05) is 18.5 Å². The minimum atomic E-state index is -1.09. The number of piperidine rings is 1. The minimum Gasteiger partial charge on any atom is -0.482 e. The number of hydrogen-bond donors (Lipinski definition) is 2. The molecule has 23 heavy (non-hydrogen) atoms. The van der Waals surface area contributed by atoms with Gasteiger partial charge in [-0.05, 0) is 30.2 Å². The number of carboxylic acid groups (broad SMARTS) is 1. The van der Waals surface area contributed by atoms with Crippen LogP contribution in [-0.2, 0) is 20.9 Å². The number of fused-ring (bicyclic) bond motifs is 1. The summed E-state index contributed by atoms with van der Waals surface area (Å²) >= 11 is 0. The number of rotatable bonds is 4. The van der Waals surface area contributed by atoms with Crippen molar-refractivity contribution in [1.82, 2.24) is 10.2 Å². The van der Waals surface area contributed by atoms with E-state index in [-0.39, 0.29) is 24.8 Å². The molecule has 2 N–H and O–H groups in total. The summed E-state index contributed by atoms with van der Waals surface area (Å²) in [5.74, 6) is -1.82. The summed E-state index contributed by atoms with van der Waals surface area (Å²) in [4.78, 5) is 47.5. The Morgan fingerprint density at radius 2 is 2.13 bits per heavy atom. The van der Waals surface area contributed by atoms with E-state index in [1.54, 1.807) is 12.1 Å². The standard InChI is InChI=1S/C15H14N2O6/c18-12-4-3-11(14(21)16-12)17-6-8-5-9(23-7-13(19)20)1-2-10(8)15(17)22/h1-2,5,11H,3-4,6-7H2,(H,19,20)(H,16,18,21). The fourth-order valence-electron chi connectivity index (χ4n) is 2.79. The van der Waals surface area contributed by atoms with Crippen LogP contribution in [0.5, 0.6) is 5.75 Å². The fourth-order valence-corrected chi connectivity index (χ4v) is 2.79. The summed E-state index contributed by atoms with van der Waals surface area (Å²) in [5, 5.41) is 10.8. The van der Waals surface area contributed by atoms with Crippen LogP contribution < -0.4 is 10.1 Å². The third-order valence-corrected chi connectivity index (χ3v) is 3.86. The molecule has 1 unspecified atom stereocenters. The lowest BCUT2D eigenvalue weighted by Gasteiger charge is -2.29. The SMILES string of the molecule is O=C(O)COc1ccc2c(c1)CN(C1CCC(=O)NC1=O)C2=O. The number of amides is 3. The summed E-state index contributed by atoms with van der Waals surface area (Å²) < 4.78 is 5.09. The van der Waals surface area contributed by atoms with Crippen molar-refractivity contribution in [2.75, 3.05) is 6.61 Å². The lowest BCUT2D eigenvalue weighted by molar-refractivity contribution is -0.139. The first-order valence-electron chi connectivity index (χ1n) is 7.08. The molecule has 3 rings (SSSR count). The summed E-state index contributed by atoms with van der Waals surface area (Å²) in [6, 6.07) is 4.01. The van der Waals surface area contributed by atoms with Crippen LogP contribution in [0.15, 0.2) is 18.2 Å². The zero-order valence-electron chi connectivity index (χ0n) is 12.1. The van der Waals surface area contributed by atoms with Crippen LogP contribution in [0.1, 0.15) is 28.8 Å². The van der Waals surface area contributed by atoms with Crippen molar-refractivity contribution in [3.8, 4) is 5.75 Å². The summed E-state index contributed by atoms with van der Waals surface area (Å²) in [7, 11) is 0. The monoisotopic (exact) mass is 318 g/mol. The van der Waals surface area contributed by atoms with Crippen molar-refractivity contribution in [2.45, 2.75) is 25.4 Å². The average molecular weight is 318 g/mol. The first-order valence-corrected chi connectivity index (χ1v) is 7.08. The predicted octanol–water partition coefficient (Wildman–Crippen LogP) is -0.0890. The topological polar surface area (TPSA) is 113 Å². The van der Waals surface area contributed by atoms with Gasteiger partial charge in [0.25, 0.3) is 5.91 Å². The molecule has 8 heteroatoms. The first-order chi connectivity index (χ1) is 11.0. The van der Waals surface area contributed by atoms with E-state index < -0.39 is 24.5 Å². The predicted molar refractivity (Wildman–Crippen MR) is 75.6 cm³/mol. The third-order valence-electron chi connectivity index (χ3n) is 3.86. The van der Waals surface area contributed by atoms with Crippen molar-refractivity contribution in [3.63, 3.8) is 0 Å². The molecule has 0 bridgehead atoms. The van der Waals surface area contributed by atoms with Crippen LogP contribution in [0.3, 0.4) is 0 Å². The number of carbonyl (C=O) groups is 4. The van der Waals surface area contributed by atoms with Gasteiger partial charge in [-0.1, -0.05) is 0 Å². The van der Waals surface area contributed by atoms with E-state index in [2.05, 4.69) is 5.32 Å². The average Bonchev–Trinajstić information content (AvgIpc) is 2.82. The van der Waals surface area contributed by atoms with Crippen LogP contribution in [0.2, 0.25) is 0 Å². The molecule has 2 aliphatic heterocycles. The molecule has 1 aromatic rings. The maximum Gasteiger partial charge on any atom is 0.341 e. The van der Waals surface area contributed by atoms with Crippen molar-refractivity contribution in [3.05, 3.63) is 29.3 Å². The molecule has 3 amide bonds. The Hall–Kier alpha value is -2.90. The van der Waals surface area contributed by atoms with E-state index in [0.717, 1.165) is 0 Å². The number of benzene rings is 1. The van der Waals surface area contributed by atoms with Gasteiger partial charge >= 0.3 is 5.97 Å². The first kappa shape index (κ1) is 15.0. The van der Waals surface area contributed by atoms with E-state index >= 15 is 0 Å². The minimum absolute atomic E-state index is 0.198. The Morgan fingerprint density at radius 3 is 2.83 bits per heavy atom. The highest BCUT2D eigenvalue weighted by molar-refractivity contribution is 6.05. The second-order valence-corrected chi connectivity index (χ2v) is 5.40. The van der Waals surface area contributed by atoms with Crippen molar-refractivity contribution < 1.29 is 29.0 Å². The Morgan fingerprint density at radius 1 is 1.35 bits per heavy atom. The van der Waals surface area contributed by atoms with Crippen LogP contribution in [0.4, 0.5) is 0 Å². The molecule has 1 fully saturated rings. The molecule has 8 nitrogen and oxygen atoms in total. The van der Waals surface area contributed by atoms with Crippen molar-refractivity contribution >= 4 is 23.7 Å². The van der Waals surface area contributed by atoms with E-state index in [1.165, 1.54) is 11.0 Å². The molecule has 0 aromatic heterocycles. The Balaban J connectivity index is 1.77. The normalized spacial score (nSPS) is 20.3. The highest BCUT2D eigenvalue weighted by Crippen LogP contribution is 2.30. The number of carboxylic acids is 1. The molecule has 0 aliphatic carbocycles. The molecule has 0 spiro atoms. The number of carbonyl (C=O) groups excluding carboxylic acids is 3. The molecule has 2 aliphatic rings. The van der Waals surface area contributed by atoms with Gasteiger partial charge < -0.3 is 14.7 Å². The van der Waals surface area contributed by atoms with Gasteiger partial charge in [0.1, 0.15) is 11.8 Å². The van der Waals surface area contributed by atoms with Crippen molar-refractivity contribution in [2.24, 2.45) is 0 Å². The van der Waals surface area contributed by atoms with E-state index in [1.807, 2.05) is 0 Å². The number of nitrogens with zero attached hydrogens (tertiary/aromatic N) is 1. The highest BCUT2D eigenvalue weighted by Gasteiger charge is 2.39. The molecule has 120 valence electrons. The van der Waals surface area contributed by atoms with E-state index in [9.17, 15) is 19.2 Å². The Kier molecular flexibility index (Phi) is 3.73. The fraction of sp³-hybridized carbons (Fsp3) is 0.333. The molecule has 2 heterocycles. The van der Waals surface area contributed by atoms with Crippen LogP contribution in [0.25, 0.3) is 0 Å². The molecule has 0 radical (unpaired) electrons. The maximum atomic E-state index is 12.4. The second kappa shape index (κ2) is 5.71. The zero-order valence-corrected chi connectivity index (χ0v) is 12.1. The number of nitrogens with one attached hydrogen (secondary N) is 1. The highest BCUT2D eigenvalue weighted by atomic mass is 16.5. The van der Waals surface area contributed by atoms with E-state index in [4.69, 9.17) is 9.84 Å². The number of ether oxygens (including phenoxy) is 1. The lowest BCUT2D eigenvalue weighted by Crippen LogP contribution is -2.52. The van der Waals surface area contributed by atoms with Crippen LogP contribution >= 0.6 is 0 Å². The summed E-state index contributed by atoms with van der Waals surface area (Å²) in [6.45, 7) is -0.242. The quantitative estimate of drug-likeness (QED) is 0.750. The van der Waals surface area contributed by atoms with Gasteiger partial charge in [-0.25, -0.2) is 4.79 Å². The summed E-state index contributed by atoms with van der Waals surface area (Å²) in [6.07, 6.45) is 0.496. The molecular weight excluding hydrogens is 304 g/mol. The Labute approximate surface area is 131 Å². The lowest BCUT2D eigenvalue weighted by atomic mass is 10.0. The number of hydrogen-bond acceptors (Lipinski definition) is 5.